The Hall–Kier alpha value is -0.820. The van der Waals surface area contributed by atoms with Gasteiger partial charge in [0.05, 0.1) is 11.5 Å². The Morgan fingerprint density at radius 1 is 1.47 bits per heavy atom. The minimum Gasteiger partial charge on any atom is -0.384 e. The van der Waals surface area contributed by atoms with Crippen LogP contribution in [0, 0.1) is 11.8 Å². The Morgan fingerprint density at radius 2 is 2.33 bits per heavy atom. The van der Waals surface area contributed by atoms with E-state index in [-0.39, 0.29) is 6.61 Å². The summed E-state index contributed by atoms with van der Waals surface area (Å²) in [6.07, 6.45) is 2.28. The van der Waals surface area contributed by atoms with Crippen molar-refractivity contribution in [3.8, 4) is 11.8 Å². The van der Waals surface area contributed by atoms with E-state index in [1.54, 1.807) is 11.3 Å². The second-order valence-electron chi connectivity index (χ2n) is 3.13. The first kappa shape index (κ1) is 12.3. The topological polar surface area (TPSA) is 29.5 Å². The third-order valence-electron chi connectivity index (χ3n) is 1.84. The molecule has 15 heavy (non-hydrogen) atoms. The molecule has 0 aromatic carbocycles. The summed E-state index contributed by atoms with van der Waals surface area (Å²) < 4.78 is 5.49. The van der Waals surface area contributed by atoms with Crippen LogP contribution in [0.5, 0.6) is 0 Å². The van der Waals surface area contributed by atoms with Crippen LogP contribution in [0.15, 0.2) is 12.1 Å². The van der Waals surface area contributed by atoms with Crippen molar-refractivity contribution in [3.05, 3.63) is 21.9 Å². The standard InChI is InChI=1S/C12H16O2S/c1-2-3-9-14-10-12-7-6-11(15-12)5-4-8-13/h6-7,13H,2-3,8-10H2,1H3. The number of hydrogen-bond donors (Lipinski definition) is 1. The van der Waals surface area contributed by atoms with Gasteiger partial charge in [0.25, 0.3) is 0 Å². The van der Waals surface area contributed by atoms with E-state index in [1.807, 2.05) is 12.1 Å². The van der Waals surface area contributed by atoms with Crippen molar-refractivity contribution in [2.75, 3.05) is 13.2 Å². The van der Waals surface area contributed by atoms with Gasteiger partial charge in [0.1, 0.15) is 6.61 Å². The average Bonchev–Trinajstić information content (AvgIpc) is 2.69. The van der Waals surface area contributed by atoms with Crippen LogP contribution in [0.3, 0.4) is 0 Å². The van der Waals surface area contributed by atoms with E-state index in [0.29, 0.717) is 6.61 Å². The van der Waals surface area contributed by atoms with Gasteiger partial charge in [-0.25, -0.2) is 0 Å². The molecule has 1 rings (SSSR count). The van der Waals surface area contributed by atoms with Gasteiger partial charge in [-0.1, -0.05) is 25.2 Å². The Balaban J connectivity index is 2.33. The monoisotopic (exact) mass is 224 g/mol. The van der Waals surface area contributed by atoms with Crippen LogP contribution in [0.1, 0.15) is 29.5 Å². The first-order valence-electron chi connectivity index (χ1n) is 5.13. The Labute approximate surface area is 94.9 Å². The van der Waals surface area contributed by atoms with Crippen molar-refractivity contribution in [1.82, 2.24) is 0 Å². The van der Waals surface area contributed by atoms with Gasteiger partial charge in [-0.15, -0.1) is 11.3 Å². The smallest absolute Gasteiger partial charge is 0.104 e. The van der Waals surface area contributed by atoms with Crippen LogP contribution >= 0.6 is 11.3 Å². The largest absolute Gasteiger partial charge is 0.384 e. The van der Waals surface area contributed by atoms with Gasteiger partial charge in [-0.3, -0.25) is 0 Å². The number of unbranched alkanes of at least 4 members (excludes halogenated alkanes) is 1. The molecule has 1 N–H and O–H groups in total. The van der Waals surface area contributed by atoms with Crippen molar-refractivity contribution >= 4 is 11.3 Å². The second-order valence-corrected chi connectivity index (χ2v) is 4.30. The minimum atomic E-state index is -0.0831. The zero-order chi connectivity index (χ0) is 10.9. The molecule has 1 aromatic heterocycles. The summed E-state index contributed by atoms with van der Waals surface area (Å²) in [7, 11) is 0. The molecule has 82 valence electrons. The Bertz CT molecular complexity index is 333. The molecule has 0 aliphatic heterocycles. The molecule has 0 fully saturated rings. The molecule has 0 unspecified atom stereocenters. The van der Waals surface area contributed by atoms with E-state index >= 15 is 0 Å². The Morgan fingerprint density at radius 3 is 3.07 bits per heavy atom. The SMILES string of the molecule is CCCCOCc1ccc(C#CCO)s1. The number of ether oxygens (including phenoxy) is 1. The third kappa shape index (κ3) is 4.98. The Kier molecular flexibility index (Phi) is 6.10. The van der Waals surface area contributed by atoms with Crippen LogP contribution in [0.2, 0.25) is 0 Å². The van der Waals surface area contributed by atoms with Crippen molar-refractivity contribution in [1.29, 1.82) is 0 Å². The van der Waals surface area contributed by atoms with Gasteiger partial charge >= 0.3 is 0 Å². The van der Waals surface area contributed by atoms with Gasteiger partial charge in [0.15, 0.2) is 0 Å². The summed E-state index contributed by atoms with van der Waals surface area (Å²) >= 11 is 1.62. The summed E-state index contributed by atoms with van der Waals surface area (Å²) in [5.74, 6) is 5.51. The van der Waals surface area contributed by atoms with E-state index in [1.165, 1.54) is 4.88 Å². The molecular weight excluding hydrogens is 208 g/mol. The zero-order valence-corrected chi connectivity index (χ0v) is 9.77. The lowest BCUT2D eigenvalue weighted by molar-refractivity contribution is 0.120. The fraction of sp³-hybridized carbons (Fsp3) is 0.500. The molecule has 0 spiro atoms. The lowest BCUT2D eigenvalue weighted by Crippen LogP contribution is -1.92. The third-order valence-corrected chi connectivity index (χ3v) is 2.81. The average molecular weight is 224 g/mol. The molecule has 1 heterocycles. The molecule has 0 amide bonds. The van der Waals surface area contributed by atoms with Crippen LogP contribution < -0.4 is 0 Å². The minimum absolute atomic E-state index is 0.0831. The lowest BCUT2D eigenvalue weighted by Gasteiger charge is -1.99. The summed E-state index contributed by atoms with van der Waals surface area (Å²) in [5, 5.41) is 8.54. The first-order valence-corrected chi connectivity index (χ1v) is 5.94. The summed E-state index contributed by atoms with van der Waals surface area (Å²) in [6.45, 7) is 3.56. The number of thiophene rings is 1. The van der Waals surface area contributed by atoms with E-state index in [9.17, 15) is 0 Å². The fourth-order valence-corrected chi connectivity index (χ4v) is 1.89. The molecule has 2 nitrogen and oxygen atoms in total. The first-order chi connectivity index (χ1) is 7.36. The van der Waals surface area contributed by atoms with Gasteiger partial charge in [-0.2, -0.15) is 0 Å². The summed E-state index contributed by atoms with van der Waals surface area (Å²) in [5.41, 5.74) is 0. The number of aliphatic hydroxyl groups is 1. The second kappa shape index (κ2) is 7.47. The van der Waals surface area contributed by atoms with Gasteiger partial charge in [0.2, 0.25) is 0 Å². The quantitative estimate of drug-likeness (QED) is 0.615. The predicted molar refractivity (Wildman–Crippen MR) is 62.8 cm³/mol. The zero-order valence-electron chi connectivity index (χ0n) is 8.95. The highest BCUT2D eigenvalue weighted by Gasteiger charge is 1.97. The van der Waals surface area contributed by atoms with Crippen LogP contribution in [0.4, 0.5) is 0 Å². The highest BCUT2D eigenvalue weighted by atomic mass is 32.1. The van der Waals surface area contributed by atoms with E-state index in [2.05, 4.69) is 18.8 Å². The highest BCUT2D eigenvalue weighted by Crippen LogP contribution is 2.16. The van der Waals surface area contributed by atoms with Crippen LogP contribution in [-0.4, -0.2) is 18.3 Å². The van der Waals surface area contributed by atoms with Gasteiger partial charge in [0, 0.05) is 11.5 Å². The maximum absolute atomic E-state index is 8.54. The van der Waals surface area contributed by atoms with Gasteiger partial charge in [-0.05, 0) is 18.6 Å². The maximum atomic E-state index is 8.54. The molecule has 0 bridgehead atoms. The van der Waals surface area contributed by atoms with Crippen LogP contribution in [-0.2, 0) is 11.3 Å². The van der Waals surface area contributed by atoms with E-state index in [4.69, 9.17) is 9.84 Å². The molecule has 0 aliphatic carbocycles. The number of aliphatic hydroxyl groups excluding tert-OH is 1. The fourth-order valence-electron chi connectivity index (χ4n) is 1.07. The van der Waals surface area contributed by atoms with Crippen molar-refractivity contribution in [2.45, 2.75) is 26.4 Å². The summed E-state index contributed by atoms with van der Waals surface area (Å²) in [4.78, 5) is 2.17. The molecular formula is C12H16O2S. The highest BCUT2D eigenvalue weighted by molar-refractivity contribution is 7.12. The van der Waals surface area contributed by atoms with E-state index < -0.39 is 0 Å². The molecule has 0 atom stereocenters. The molecule has 0 saturated carbocycles. The summed E-state index contributed by atoms with van der Waals surface area (Å²) in [6, 6.07) is 3.99. The van der Waals surface area contributed by atoms with Crippen molar-refractivity contribution in [3.63, 3.8) is 0 Å². The van der Waals surface area contributed by atoms with Gasteiger partial charge < -0.3 is 9.84 Å². The predicted octanol–water partition coefficient (Wildman–Crippen LogP) is 2.41. The molecule has 3 heteroatoms. The molecule has 0 radical (unpaired) electrons. The molecule has 1 aromatic rings. The number of hydrogen-bond acceptors (Lipinski definition) is 3. The number of rotatable bonds is 5. The molecule has 0 saturated heterocycles. The molecule has 0 aliphatic rings. The van der Waals surface area contributed by atoms with Crippen molar-refractivity contribution in [2.24, 2.45) is 0 Å². The van der Waals surface area contributed by atoms with Crippen LogP contribution in [0.25, 0.3) is 0 Å². The van der Waals surface area contributed by atoms with E-state index in [0.717, 1.165) is 24.3 Å². The van der Waals surface area contributed by atoms with Crippen molar-refractivity contribution < 1.29 is 9.84 Å². The normalized spacial score (nSPS) is 9.73. The lowest BCUT2D eigenvalue weighted by atomic mass is 10.4. The maximum Gasteiger partial charge on any atom is 0.104 e.